The zero-order valence-electron chi connectivity index (χ0n) is 11.5. The van der Waals surface area contributed by atoms with Crippen LogP contribution in [0.1, 0.15) is 6.42 Å². The SMILES string of the molecule is CNCCCNC(=O)CN1C(=O)CSc2ccccc21. The summed E-state index contributed by atoms with van der Waals surface area (Å²) in [6.45, 7) is 1.58. The molecule has 1 aliphatic heterocycles. The van der Waals surface area contributed by atoms with E-state index in [2.05, 4.69) is 10.6 Å². The van der Waals surface area contributed by atoms with E-state index in [-0.39, 0.29) is 18.4 Å². The van der Waals surface area contributed by atoms with Crippen molar-refractivity contribution in [3.8, 4) is 0 Å². The number of hydrogen-bond acceptors (Lipinski definition) is 4. The van der Waals surface area contributed by atoms with E-state index in [9.17, 15) is 9.59 Å². The van der Waals surface area contributed by atoms with Crippen LogP contribution in [-0.2, 0) is 9.59 Å². The summed E-state index contributed by atoms with van der Waals surface area (Å²) >= 11 is 1.52. The first-order valence-electron chi connectivity index (χ1n) is 6.66. The van der Waals surface area contributed by atoms with Crippen molar-refractivity contribution in [2.75, 3.05) is 37.3 Å². The zero-order valence-corrected chi connectivity index (χ0v) is 12.3. The van der Waals surface area contributed by atoms with Crippen LogP contribution in [0.2, 0.25) is 0 Å². The van der Waals surface area contributed by atoms with Gasteiger partial charge in [0.25, 0.3) is 0 Å². The Morgan fingerprint density at radius 3 is 2.95 bits per heavy atom. The molecule has 0 unspecified atom stereocenters. The lowest BCUT2D eigenvalue weighted by atomic mass is 10.2. The molecule has 2 N–H and O–H groups in total. The van der Waals surface area contributed by atoms with E-state index >= 15 is 0 Å². The maximum absolute atomic E-state index is 12.0. The normalized spacial score (nSPS) is 14.1. The van der Waals surface area contributed by atoms with Crippen molar-refractivity contribution < 1.29 is 9.59 Å². The van der Waals surface area contributed by atoms with Crippen LogP contribution in [0.5, 0.6) is 0 Å². The van der Waals surface area contributed by atoms with Gasteiger partial charge in [0, 0.05) is 11.4 Å². The molecule has 0 atom stereocenters. The summed E-state index contributed by atoms with van der Waals surface area (Å²) in [5.41, 5.74) is 0.833. The molecule has 0 saturated heterocycles. The highest BCUT2D eigenvalue weighted by Gasteiger charge is 2.25. The average Bonchev–Trinajstić information content (AvgIpc) is 2.47. The van der Waals surface area contributed by atoms with Crippen molar-refractivity contribution in [2.45, 2.75) is 11.3 Å². The summed E-state index contributed by atoms with van der Waals surface area (Å²) in [5.74, 6) is 0.263. The number of nitrogens with zero attached hydrogens (tertiary/aromatic N) is 1. The van der Waals surface area contributed by atoms with E-state index in [1.54, 1.807) is 4.90 Å². The quantitative estimate of drug-likeness (QED) is 0.764. The van der Waals surface area contributed by atoms with Crippen LogP contribution >= 0.6 is 11.8 Å². The Morgan fingerprint density at radius 1 is 1.35 bits per heavy atom. The molecular formula is C14H19N3O2S. The fourth-order valence-corrected chi connectivity index (χ4v) is 2.96. The molecule has 0 fully saturated rings. The van der Waals surface area contributed by atoms with Crippen LogP contribution in [0.25, 0.3) is 0 Å². The van der Waals surface area contributed by atoms with E-state index in [0.29, 0.717) is 12.3 Å². The van der Waals surface area contributed by atoms with Crippen LogP contribution in [0, 0.1) is 0 Å². The van der Waals surface area contributed by atoms with E-state index in [1.807, 2.05) is 31.3 Å². The molecule has 1 aromatic carbocycles. The molecule has 1 aliphatic rings. The number of anilines is 1. The lowest BCUT2D eigenvalue weighted by Gasteiger charge is -2.28. The molecule has 0 bridgehead atoms. The van der Waals surface area contributed by atoms with Gasteiger partial charge in [0.05, 0.1) is 11.4 Å². The molecule has 1 heterocycles. The molecule has 108 valence electrons. The topological polar surface area (TPSA) is 61.4 Å². The second-order valence-corrected chi connectivity index (χ2v) is 5.56. The Hall–Kier alpha value is -1.53. The smallest absolute Gasteiger partial charge is 0.240 e. The van der Waals surface area contributed by atoms with Gasteiger partial charge >= 0.3 is 0 Å². The largest absolute Gasteiger partial charge is 0.355 e. The highest BCUT2D eigenvalue weighted by molar-refractivity contribution is 8.00. The highest BCUT2D eigenvalue weighted by Crippen LogP contribution is 2.34. The first kappa shape index (κ1) is 14.9. The van der Waals surface area contributed by atoms with Gasteiger partial charge in [0.1, 0.15) is 6.54 Å². The molecule has 2 rings (SSSR count). The number of fused-ring (bicyclic) bond motifs is 1. The van der Waals surface area contributed by atoms with E-state index < -0.39 is 0 Å². The Balaban J connectivity index is 1.94. The van der Waals surface area contributed by atoms with Crippen LogP contribution in [0.4, 0.5) is 5.69 Å². The van der Waals surface area contributed by atoms with Gasteiger partial charge in [-0.3, -0.25) is 9.59 Å². The molecule has 2 amide bonds. The summed E-state index contributed by atoms with van der Waals surface area (Å²) in [7, 11) is 1.88. The summed E-state index contributed by atoms with van der Waals surface area (Å²) < 4.78 is 0. The predicted molar refractivity (Wildman–Crippen MR) is 81.1 cm³/mol. The van der Waals surface area contributed by atoms with Gasteiger partial charge in [-0.2, -0.15) is 0 Å². The van der Waals surface area contributed by atoms with Crippen molar-refractivity contribution >= 4 is 29.3 Å². The standard InChI is InChI=1S/C14H19N3O2S/c1-15-7-4-8-16-13(18)9-17-11-5-2-3-6-12(11)20-10-14(17)19/h2-3,5-6,15H,4,7-10H2,1H3,(H,16,18). The summed E-state index contributed by atoms with van der Waals surface area (Å²) in [6, 6.07) is 7.69. The van der Waals surface area contributed by atoms with Crippen LogP contribution < -0.4 is 15.5 Å². The number of benzene rings is 1. The lowest BCUT2D eigenvalue weighted by molar-refractivity contribution is -0.122. The van der Waals surface area contributed by atoms with Crippen LogP contribution in [0.15, 0.2) is 29.2 Å². The second kappa shape index (κ2) is 7.31. The molecular weight excluding hydrogens is 274 g/mol. The summed E-state index contributed by atoms with van der Waals surface area (Å²) in [4.78, 5) is 26.5. The zero-order chi connectivity index (χ0) is 14.4. The van der Waals surface area contributed by atoms with E-state index in [1.165, 1.54) is 11.8 Å². The third kappa shape index (κ3) is 3.74. The minimum Gasteiger partial charge on any atom is -0.355 e. The van der Waals surface area contributed by atoms with Crippen molar-refractivity contribution in [2.24, 2.45) is 0 Å². The maximum atomic E-state index is 12.0. The Morgan fingerprint density at radius 2 is 2.15 bits per heavy atom. The molecule has 0 radical (unpaired) electrons. The van der Waals surface area contributed by atoms with Crippen molar-refractivity contribution in [1.29, 1.82) is 0 Å². The van der Waals surface area contributed by atoms with Gasteiger partial charge in [0.15, 0.2) is 0 Å². The van der Waals surface area contributed by atoms with Gasteiger partial charge in [-0.05, 0) is 32.1 Å². The van der Waals surface area contributed by atoms with E-state index in [4.69, 9.17) is 0 Å². The fraction of sp³-hybridized carbons (Fsp3) is 0.429. The minimum atomic E-state index is -0.115. The maximum Gasteiger partial charge on any atom is 0.240 e. The molecule has 6 heteroatoms. The van der Waals surface area contributed by atoms with Gasteiger partial charge in [-0.15, -0.1) is 11.8 Å². The van der Waals surface area contributed by atoms with Crippen molar-refractivity contribution in [3.63, 3.8) is 0 Å². The third-order valence-corrected chi connectivity index (χ3v) is 4.08. The molecule has 5 nitrogen and oxygen atoms in total. The minimum absolute atomic E-state index is 0.0147. The number of carbonyl (C=O) groups excluding carboxylic acids is 2. The van der Waals surface area contributed by atoms with Gasteiger partial charge in [-0.25, -0.2) is 0 Å². The van der Waals surface area contributed by atoms with Gasteiger partial charge in [-0.1, -0.05) is 12.1 Å². The molecule has 0 aliphatic carbocycles. The number of para-hydroxylation sites is 1. The Kier molecular flexibility index (Phi) is 5.43. The van der Waals surface area contributed by atoms with Crippen LogP contribution in [-0.4, -0.2) is 44.2 Å². The molecule has 0 saturated carbocycles. The highest BCUT2D eigenvalue weighted by atomic mass is 32.2. The van der Waals surface area contributed by atoms with Crippen molar-refractivity contribution in [1.82, 2.24) is 10.6 Å². The number of thioether (sulfide) groups is 1. The third-order valence-electron chi connectivity index (χ3n) is 3.04. The number of carbonyl (C=O) groups is 2. The van der Waals surface area contributed by atoms with E-state index in [0.717, 1.165) is 23.5 Å². The molecule has 20 heavy (non-hydrogen) atoms. The molecule has 1 aromatic rings. The monoisotopic (exact) mass is 293 g/mol. The van der Waals surface area contributed by atoms with Crippen LogP contribution in [0.3, 0.4) is 0 Å². The first-order valence-corrected chi connectivity index (χ1v) is 7.64. The molecule has 0 spiro atoms. The number of amides is 2. The summed E-state index contributed by atoms with van der Waals surface area (Å²) in [6.07, 6.45) is 0.878. The Bertz CT molecular complexity index is 493. The number of rotatable bonds is 6. The van der Waals surface area contributed by atoms with Crippen molar-refractivity contribution in [3.05, 3.63) is 24.3 Å². The van der Waals surface area contributed by atoms with Gasteiger partial charge in [0.2, 0.25) is 11.8 Å². The fourth-order valence-electron chi connectivity index (χ4n) is 2.02. The summed E-state index contributed by atoms with van der Waals surface area (Å²) in [5, 5.41) is 5.86. The average molecular weight is 293 g/mol. The second-order valence-electron chi connectivity index (χ2n) is 4.54. The van der Waals surface area contributed by atoms with Gasteiger partial charge < -0.3 is 15.5 Å². The number of hydrogen-bond donors (Lipinski definition) is 2. The molecule has 0 aromatic heterocycles. The first-order chi connectivity index (χ1) is 9.72. The lowest BCUT2D eigenvalue weighted by Crippen LogP contribution is -2.43. The predicted octanol–water partition coefficient (Wildman–Crippen LogP) is 0.851. The number of nitrogens with one attached hydrogen (secondary N) is 2. The Labute approximate surface area is 123 Å².